The lowest BCUT2D eigenvalue weighted by Crippen LogP contribution is -2.54. The predicted molar refractivity (Wildman–Crippen MR) is 104 cm³/mol. The zero-order valence-corrected chi connectivity index (χ0v) is 17.2. The Labute approximate surface area is 163 Å². The number of piperidine rings is 1. The monoisotopic (exact) mass is 398 g/mol. The van der Waals surface area contributed by atoms with Gasteiger partial charge in [0.25, 0.3) is 0 Å². The Morgan fingerprint density at radius 2 is 1.85 bits per heavy atom. The van der Waals surface area contributed by atoms with Gasteiger partial charge in [0.2, 0.25) is 5.91 Å². The molecule has 4 unspecified atom stereocenters. The van der Waals surface area contributed by atoms with Gasteiger partial charge in [0.1, 0.15) is 0 Å². The van der Waals surface area contributed by atoms with Crippen molar-refractivity contribution in [2.75, 3.05) is 37.7 Å². The van der Waals surface area contributed by atoms with E-state index in [0.29, 0.717) is 25.6 Å². The lowest BCUT2D eigenvalue weighted by molar-refractivity contribution is -0.137. The molecule has 0 radical (unpaired) electrons. The van der Waals surface area contributed by atoms with E-state index in [1.807, 2.05) is 4.90 Å². The molecule has 6 nitrogen and oxygen atoms in total. The summed E-state index contributed by atoms with van der Waals surface area (Å²) in [6, 6.07) is 0.381. The van der Waals surface area contributed by atoms with Crippen LogP contribution in [0.3, 0.4) is 0 Å². The highest BCUT2D eigenvalue weighted by atomic mass is 32.2. The van der Waals surface area contributed by atoms with Crippen LogP contribution in [0.15, 0.2) is 0 Å². The lowest BCUT2D eigenvalue weighted by Gasteiger charge is -2.44. The second-order valence-corrected chi connectivity index (χ2v) is 11.2. The third kappa shape index (κ3) is 4.67. The van der Waals surface area contributed by atoms with Crippen LogP contribution in [0.2, 0.25) is 0 Å². The highest BCUT2D eigenvalue weighted by molar-refractivity contribution is 7.91. The van der Waals surface area contributed by atoms with Crippen LogP contribution in [-0.2, 0) is 19.4 Å². The van der Waals surface area contributed by atoms with Crippen molar-refractivity contribution in [2.45, 2.75) is 76.0 Å². The van der Waals surface area contributed by atoms with Crippen LogP contribution in [-0.4, -0.2) is 80.1 Å². The molecule has 0 spiro atoms. The number of hydrogen-bond acceptors (Lipinski definition) is 5. The standard InChI is InChI=1S/C20H34N2O4S/c23-20(14-21-10-3-6-16-5-1-2-8-19(16)21)22(13-18-7-4-11-26-18)17-9-12-27(24,25)15-17/h16-19H,1-15H2. The average molecular weight is 399 g/mol. The number of carbonyl (C=O) groups excluding carboxylic acids is 1. The van der Waals surface area contributed by atoms with Crippen LogP contribution in [0.4, 0.5) is 0 Å². The van der Waals surface area contributed by atoms with E-state index in [2.05, 4.69) is 4.90 Å². The van der Waals surface area contributed by atoms with Gasteiger partial charge in [0.15, 0.2) is 9.84 Å². The Balaban J connectivity index is 1.44. The summed E-state index contributed by atoms with van der Waals surface area (Å²) in [4.78, 5) is 17.6. The van der Waals surface area contributed by atoms with Gasteiger partial charge in [-0.1, -0.05) is 12.8 Å². The van der Waals surface area contributed by atoms with E-state index in [1.165, 1.54) is 38.5 Å². The van der Waals surface area contributed by atoms with Gasteiger partial charge in [-0.2, -0.15) is 0 Å². The van der Waals surface area contributed by atoms with Crippen molar-refractivity contribution < 1.29 is 17.9 Å². The molecule has 1 saturated carbocycles. The third-order valence-electron chi connectivity index (χ3n) is 7.09. The van der Waals surface area contributed by atoms with Crippen molar-refractivity contribution in [1.82, 2.24) is 9.80 Å². The van der Waals surface area contributed by atoms with Crippen molar-refractivity contribution in [1.29, 1.82) is 0 Å². The molecule has 3 saturated heterocycles. The maximum atomic E-state index is 13.3. The average Bonchev–Trinajstić information content (AvgIpc) is 3.29. The summed E-state index contributed by atoms with van der Waals surface area (Å²) in [6.07, 6.45) is 10.2. The van der Waals surface area contributed by atoms with Crippen LogP contribution in [0.5, 0.6) is 0 Å². The molecule has 4 rings (SSSR count). The fourth-order valence-corrected chi connectivity index (χ4v) is 7.40. The number of hydrogen-bond donors (Lipinski definition) is 0. The maximum absolute atomic E-state index is 13.3. The molecule has 1 amide bonds. The number of likely N-dealkylation sites (tertiary alicyclic amines) is 1. The zero-order chi connectivity index (χ0) is 18.9. The molecule has 4 aliphatic rings. The maximum Gasteiger partial charge on any atom is 0.237 e. The number of sulfone groups is 1. The van der Waals surface area contributed by atoms with Crippen LogP contribution in [0.1, 0.15) is 57.8 Å². The number of ether oxygens (including phenoxy) is 1. The third-order valence-corrected chi connectivity index (χ3v) is 8.84. The molecule has 3 aliphatic heterocycles. The molecule has 0 aromatic heterocycles. The summed E-state index contributed by atoms with van der Waals surface area (Å²) >= 11 is 0. The van der Waals surface area contributed by atoms with Crippen LogP contribution in [0.25, 0.3) is 0 Å². The molecule has 3 heterocycles. The largest absolute Gasteiger partial charge is 0.376 e. The van der Waals surface area contributed by atoms with E-state index >= 15 is 0 Å². The fraction of sp³-hybridized carbons (Fsp3) is 0.950. The Kier molecular flexibility index (Phi) is 6.09. The summed E-state index contributed by atoms with van der Waals surface area (Å²) in [5.74, 6) is 1.19. The van der Waals surface area contributed by atoms with Crippen LogP contribution < -0.4 is 0 Å². The second-order valence-electron chi connectivity index (χ2n) is 8.96. The van der Waals surface area contributed by atoms with Crippen molar-refractivity contribution in [2.24, 2.45) is 5.92 Å². The molecule has 4 atom stereocenters. The molecule has 27 heavy (non-hydrogen) atoms. The van der Waals surface area contributed by atoms with Crippen LogP contribution >= 0.6 is 0 Å². The fourth-order valence-electron chi connectivity index (χ4n) is 5.67. The van der Waals surface area contributed by atoms with Crippen molar-refractivity contribution in [3.63, 3.8) is 0 Å². The summed E-state index contributed by atoms with van der Waals surface area (Å²) < 4.78 is 29.8. The van der Waals surface area contributed by atoms with E-state index in [9.17, 15) is 13.2 Å². The first kappa shape index (κ1) is 19.6. The Morgan fingerprint density at radius 3 is 2.59 bits per heavy atom. The Morgan fingerprint density at radius 1 is 1.04 bits per heavy atom. The first-order chi connectivity index (χ1) is 13.0. The topological polar surface area (TPSA) is 66.9 Å². The van der Waals surface area contributed by atoms with Crippen molar-refractivity contribution in [3.8, 4) is 0 Å². The summed E-state index contributed by atoms with van der Waals surface area (Å²) in [7, 11) is -3.01. The van der Waals surface area contributed by atoms with Gasteiger partial charge in [-0.15, -0.1) is 0 Å². The SMILES string of the molecule is O=C(CN1CCCC2CCCCC21)N(CC1CCCO1)C1CCS(=O)(=O)C1. The molecule has 154 valence electrons. The number of fused-ring (bicyclic) bond motifs is 1. The predicted octanol–water partition coefficient (Wildman–Crippen LogP) is 1.84. The molecule has 0 bridgehead atoms. The van der Waals surface area contributed by atoms with E-state index in [1.54, 1.807) is 0 Å². The highest BCUT2D eigenvalue weighted by Gasteiger charge is 2.39. The van der Waals surface area contributed by atoms with Crippen LogP contribution in [0, 0.1) is 5.92 Å². The second kappa shape index (κ2) is 8.37. The number of carbonyl (C=O) groups is 1. The first-order valence-corrected chi connectivity index (χ1v) is 12.7. The van der Waals surface area contributed by atoms with E-state index < -0.39 is 9.84 Å². The molecule has 4 fully saturated rings. The van der Waals surface area contributed by atoms with Gasteiger partial charge >= 0.3 is 0 Å². The molecule has 0 aromatic carbocycles. The van der Waals surface area contributed by atoms with Gasteiger partial charge in [-0.25, -0.2) is 8.42 Å². The number of amides is 1. The van der Waals surface area contributed by atoms with Gasteiger partial charge in [-0.05, 0) is 57.4 Å². The minimum absolute atomic E-state index is 0.0704. The molecular weight excluding hydrogens is 364 g/mol. The lowest BCUT2D eigenvalue weighted by atomic mass is 9.78. The normalized spacial score (nSPS) is 36.4. The molecular formula is C20H34N2O4S. The Bertz CT molecular complexity index is 630. The van der Waals surface area contributed by atoms with E-state index in [-0.39, 0.29) is 29.6 Å². The van der Waals surface area contributed by atoms with E-state index in [0.717, 1.165) is 31.9 Å². The van der Waals surface area contributed by atoms with Gasteiger partial charge in [0.05, 0.1) is 24.2 Å². The number of nitrogens with zero attached hydrogens (tertiary/aromatic N) is 2. The summed E-state index contributed by atoms with van der Waals surface area (Å²) in [5, 5.41) is 0. The summed E-state index contributed by atoms with van der Waals surface area (Å²) in [5.41, 5.74) is 0. The Hall–Kier alpha value is -0.660. The molecule has 7 heteroatoms. The molecule has 0 aromatic rings. The minimum atomic E-state index is -3.01. The number of rotatable bonds is 5. The quantitative estimate of drug-likeness (QED) is 0.707. The van der Waals surface area contributed by atoms with E-state index in [4.69, 9.17) is 4.74 Å². The highest BCUT2D eigenvalue weighted by Crippen LogP contribution is 2.35. The zero-order valence-electron chi connectivity index (χ0n) is 16.4. The summed E-state index contributed by atoms with van der Waals surface area (Å²) in [6.45, 7) is 2.76. The minimum Gasteiger partial charge on any atom is -0.376 e. The first-order valence-electron chi connectivity index (χ1n) is 10.9. The van der Waals surface area contributed by atoms with Crippen molar-refractivity contribution >= 4 is 15.7 Å². The molecule has 0 N–H and O–H groups in total. The van der Waals surface area contributed by atoms with Gasteiger partial charge < -0.3 is 9.64 Å². The van der Waals surface area contributed by atoms with Gasteiger partial charge in [0, 0.05) is 25.2 Å². The van der Waals surface area contributed by atoms with Gasteiger partial charge in [-0.3, -0.25) is 9.69 Å². The van der Waals surface area contributed by atoms with Crippen molar-refractivity contribution in [3.05, 3.63) is 0 Å². The molecule has 1 aliphatic carbocycles. The smallest absolute Gasteiger partial charge is 0.237 e.